The number of thiophene rings is 2. The van der Waals surface area contributed by atoms with Crippen molar-refractivity contribution in [1.29, 1.82) is 0 Å². The Morgan fingerprint density at radius 3 is 2.73 bits per heavy atom. The van der Waals surface area contributed by atoms with Gasteiger partial charge in [0.05, 0.1) is 17.5 Å². The highest BCUT2D eigenvalue weighted by Gasteiger charge is 2.27. The van der Waals surface area contributed by atoms with E-state index in [1.807, 2.05) is 18.7 Å². The summed E-state index contributed by atoms with van der Waals surface area (Å²) in [7, 11) is 0. The lowest BCUT2D eigenvalue weighted by Crippen LogP contribution is -2.48. The number of aromatic amines is 1. The monoisotopic (exact) mass is 442 g/mol. The lowest BCUT2D eigenvalue weighted by atomic mass is 9.95. The first-order valence-electron chi connectivity index (χ1n) is 10.6. The first kappa shape index (κ1) is 19.9. The molecular formula is C22H26N4O2S2. The molecule has 3 aromatic rings. The Morgan fingerprint density at radius 2 is 1.93 bits per heavy atom. The van der Waals surface area contributed by atoms with Crippen molar-refractivity contribution in [3.63, 3.8) is 0 Å². The molecule has 0 unspecified atom stereocenters. The second-order valence-electron chi connectivity index (χ2n) is 8.30. The summed E-state index contributed by atoms with van der Waals surface area (Å²) in [6.07, 6.45) is 4.60. The van der Waals surface area contributed by atoms with Crippen LogP contribution in [-0.4, -0.2) is 51.9 Å². The molecule has 1 aliphatic carbocycles. The van der Waals surface area contributed by atoms with Crippen LogP contribution in [0.4, 0.5) is 0 Å². The van der Waals surface area contributed by atoms with Gasteiger partial charge >= 0.3 is 0 Å². The fourth-order valence-corrected chi connectivity index (χ4v) is 6.71. The second-order valence-corrected chi connectivity index (χ2v) is 10.5. The minimum Gasteiger partial charge on any atom is -0.336 e. The first-order chi connectivity index (χ1) is 14.5. The third-order valence-electron chi connectivity index (χ3n) is 6.41. The molecule has 0 saturated carbocycles. The number of amides is 1. The van der Waals surface area contributed by atoms with Gasteiger partial charge in [-0.3, -0.25) is 14.5 Å². The Hall–Kier alpha value is -2.03. The number of nitrogens with one attached hydrogen (secondary N) is 1. The van der Waals surface area contributed by atoms with Gasteiger partial charge in [0.1, 0.15) is 10.7 Å². The highest BCUT2D eigenvalue weighted by Crippen LogP contribution is 2.31. The zero-order valence-corrected chi connectivity index (χ0v) is 19.0. The molecule has 0 bridgehead atoms. The fourth-order valence-electron chi connectivity index (χ4n) is 4.54. The number of fused-ring (bicyclic) bond motifs is 2. The number of carbonyl (C=O) groups is 1. The quantitative estimate of drug-likeness (QED) is 0.674. The molecule has 8 heteroatoms. The van der Waals surface area contributed by atoms with E-state index in [4.69, 9.17) is 4.98 Å². The summed E-state index contributed by atoms with van der Waals surface area (Å²) in [5, 5.41) is 2.79. The van der Waals surface area contributed by atoms with Gasteiger partial charge in [0.2, 0.25) is 0 Å². The lowest BCUT2D eigenvalue weighted by Gasteiger charge is -2.34. The van der Waals surface area contributed by atoms with Crippen LogP contribution in [0, 0.1) is 13.8 Å². The molecule has 158 valence electrons. The van der Waals surface area contributed by atoms with E-state index in [0.29, 0.717) is 25.5 Å². The van der Waals surface area contributed by atoms with Gasteiger partial charge in [-0.25, -0.2) is 4.98 Å². The summed E-state index contributed by atoms with van der Waals surface area (Å²) < 4.78 is 0. The van der Waals surface area contributed by atoms with Crippen molar-refractivity contribution >= 4 is 38.8 Å². The average molecular weight is 443 g/mol. The zero-order chi connectivity index (χ0) is 20.8. The predicted octanol–water partition coefficient (Wildman–Crippen LogP) is 3.50. The molecule has 1 aliphatic heterocycles. The fraction of sp³-hybridized carbons (Fsp3) is 0.500. The van der Waals surface area contributed by atoms with Crippen molar-refractivity contribution in [3.05, 3.63) is 48.0 Å². The summed E-state index contributed by atoms with van der Waals surface area (Å²) in [4.78, 5) is 40.9. The van der Waals surface area contributed by atoms with E-state index >= 15 is 0 Å². The average Bonchev–Trinajstić information content (AvgIpc) is 3.29. The van der Waals surface area contributed by atoms with E-state index < -0.39 is 0 Å². The summed E-state index contributed by atoms with van der Waals surface area (Å²) in [6.45, 7) is 7.63. The van der Waals surface area contributed by atoms with Crippen LogP contribution in [0.1, 0.15) is 49.9 Å². The molecule has 2 aliphatic rings. The Bertz CT molecular complexity index is 1170. The topological polar surface area (TPSA) is 69.3 Å². The Morgan fingerprint density at radius 1 is 1.17 bits per heavy atom. The van der Waals surface area contributed by atoms with Crippen LogP contribution in [0.15, 0.2) is 10.2 Å². The molecule has 1 fully saturated rings. The molecule has 1 N–H and O–H groups in total. The molecule has 4 heterocycles. The largest absolute Gasteiger partial charge is 0.336 e. The molecular weight excluding hydrogens is 416 g/mol. The molecule has 5 rings (SSSR count). The number of aryl methyl sites for hydroxylation is 3. The number of H-pyrrole nitrogens is 1. The third-order valence-corrected chi connectivity index (χ3v) is 8.60. The van der Waals surface area contributed by atoms with Crippen LogP contribution in [0.2, 0.25) is 0 Å². The van der Waals surface area contributed by atoms with Crippen molar-refractivity contribution < 1.29 is 4.79 Å². The number of piperazine rings is 1. The SMILES string of the molecule is Cc1sc2nc(CN3CCN(C(=O)c4csc5c4CCCC5)CC3)[nH]c(=O)c2c1C. The van der Waals surface area contributed by atoms with Gasteiger partial charge in [-0.05, 0) is 50.7 Å². The number of hydrogen-bond acceptors (Lipinski definition) is 6. The number of nitrogens with zero attached hydrogens (tertiary/aromatic N) is 3. The molecule has 0 aromatic carbocycles. The van der Waals surface area contributed by atoms with Crippen molar-refractivity contribution in [2.45, 2.75) is 46.1 Å². The normalized spacial score (nSPS) is 17.5. The van der Waals surface area contributed by atoms with E-state index in [1.165, 1.54) is 23.3 Å². The molecule has 0 atom stereocenters. The standard InChI is InChI=1S/C22H26N4O2S2/c1-13-14(2)30-21-19(13)20(27)23-18(24-21)11-25-7-9-26(10-8-25)22(28)16-12-29-17-6-4-3-5-15(16)17/h12H,3-11H2,1-2H3,(H,23,24,27). The van der Waals surface area contributed by atoms with Gasteiger partial charge in [-0.2, -0.15) is 0 Å². The maximum Gasteiger partial charge on any atom is 0.259 e. The van der Waals surface area contributed by atoms with E-state index in [0.717, 1.165) is 52.2 Å². The second kappa shape index (κ2) is 7.90. The molecule has 6 nitrogen and oxygen atoms in total. The summed E-state index contributed by atoms with van der Waals surface area (Å²) in [5.74, 6) is 0.895. The molecule has 30 heavy (non-hydrogen) atoms. The predicted molar refractivity (Wildman–Crippen MR) is 122 cm³/mol. The van der Waals surface area contributed by atoms with Crippen LogP contribution in [0.25, 0.3) is 10.2 Å². The van der Waals surface area contributed by atoms with Gasteiger partial charge in [-0.15, -0.1) is 22.7 Å². The molecule has 0 radical (unpaired) electrons. The summed E-state index contributed by atoms with van der Waals surface area (Å²) in [6, 6.07) is 0. The molecule has 0 spiro atoms. The molecule has 1 amide bonds. The van der Waals surface area contributed by atoms with Crippen LogP contribution in [0.5, 0.6) is 0 Å². The van der Waals surface area contributed by atoms with Gasteiger partial charge in [-0.1, -0.05) is 0 Å². The summed E-state index contributed by atoms with van der Waals surface area (Å²) in [5.41, 5.74) is 3.21. The van der Waals surface area contributed by atoms with Crippen molar-refractivity contribution in [1.82, 2.24) is 19.8 Å². The minimum absolute atomic E-state index is 0.0482. The maximum atomic E-state index is 13.1. The number of rotatable bonds is 3. The third kappa shape index (κ3) is 3.50. The van der Waals surface area contributed by atoms with Crippen LogP contribution < -0.4 is 5.56 Å². The smallest absolute Gasteiger partial charge is 0.259 e. The summed E-state index contributed by atoms with van der Waals surface area (Å²) >= 11 is 3.33. The number of aromatic nitrogens is 2. The maximum absolute atomic E-state index is 13.1. The Kier molecular flexibility index (Phi) is 5.24. The number of carbonyl (C=O) groups excluding carboxylic acids is 1. The van der Waals surface area contributed by atoms with E-state index in [2.05, 4.69) is 15.3 Å². The van der Waals surface area contributed by atoms with Crippen molar-refractivity contribution in [2.75, 3.05) is 26.2 Å². The lowest BCUT2D eigenvalue weighted by molar-refractivity contribution is 0.0625. The van der Waals surface area contributed by atoms with E-state index in [-0.39, 0.29) is 11.5 Å². The van der Waals surface area contributed by atoms with Gasteiger partial charge in [0.25, 0.3) is 11.5 Å². The van der Waals surface area contributed by atoms with Crippen LogP contribution in [-0.2, 0) is 19.4 Å². The zero-order valence-electron chi connectivity index (χ0n) is 17.4. The van der Waals surface area contributed by atoms with Crippen LogP contribution in [0.3, 0.4) is 0 Å². The van der Waals surface area contributed by atoms with E-state index in [1.54, 1.807) is 22.7 Å². The molecule has 3 aromatic heterocycles. The van der Waals surface area contributed by atoms with Crippen molar-refractivity contribution in [2.24, 2.45) is 0 Å². The van der Waals surface area contributed by atoms with Crippen molar-refractivity contribution in [3.8, 4) is 0 Å². The first-order valence-corrected chi connectivity index (χ1v) is 12.3. The highest BCUT2D eigenvalue weighted by atomic mass is 32.1. The van der Waals surface area contributed by atoms with Gasteiger partial charge in [0, 0.05) is 41.3 Å². The number of hydrogen-bond donors (Lipinski definition) is 1. The molecule has 1 saturated heterocycles. The van der Waals surface area contributed by atoms with Gasteiger partial charge in [0.15, 0.2) is 0 Å². The van der Waals surface area contributed by atoms with Gasteiger partial charge < -0.3 is 9.88 Å². The highest BCUT2D eigenvalue weighted by molar-refractivity contribution is 7.18. The Labute approximate surface area is 183 Å². The minimum atomic E-state index is -0.0482. The Balaban J connectivity index is 1.25. The van der Waals surface area contributed by atoms with Crippen LogP contribution >= 0.6 is 22.7 Å². The van der Waals surface area contributed by atoms with E-state index in [9.17, 15) is 9.59 Å².